The van der Waals surface area contributed by atoms with Gasteiger partial charge >= 0.3 is 0 Å². The molecule has 2 aliphatic rings. The van der Waals surface area contributed by atoms with Crippen LogP contribution in [0.25, 0.3) is 0 Å². The topological polar surface area (TPSA) is 43.2 Å². The van der Waals surface area contributed by atoms with Gasteiger partial charge in [-0.1, -0.05) is 24.3 Å². The van der Waals surface area contributed by atoms with Crippen LogP contribution in [0.5, 0.6) is 0 Å². The third-order valence-corrected chi connectivity index (χ3v) is 5.25. The summed E-state index contributed by atoms with van der Waals surface area (Å²) in [6, 6.07) is 8.80. The molecule has 1 saturated heterocycles. The van der Waals surface area contributed by atoms with Gasteiger partial charge in [0.15, 0.2) is 0 Å². The second-order valence-corrected chi connectivity index (χ2v) is 7.05. The lowest BCUT2D eigenvalue weighted by Gasteiger charge is -2.32. The van der Waals surface area contributed by atoms with Crippen molar-refractivity contribution < 1.29 is 4.74 Å². The van der Waals surface area contributed by atoms with E-state index in [9.17, 15) is 0 Å². The predicted octanol–water partition coefficient (Wildman–Crippen LogP) is 2.75. The van der Waals surface area contributed by atoms with E-state index in [1.165, 1.54) is 48.6 Å². The molecule has 0 spiro atoms. The Morgan fingerprint density at radius 2 is 1.92 bits per heavy atom. The molecule has 4 rings (SSSR count). The number of hydrogen-bond donors (Lipinski definition) is 0. The minimum Gasteiger partial charge on any atom is -0.380 e. The minimum absolute atomic E-state index is 0.533. The van der Waals surface area contributed by atoms with Gasteiger partial charge in [-0.3, -0.25) is 4.90 Å². The molecule has 1 aromatic heterocycles. The second kappa shape index (κ2) is 7.03. The predicted molar refractivity (Wildman–Crippen MR) is 92.8 cm³/mol. The van der Waals surface area contributed by atoms with Crippen LogP contribution in [0.3, 0.4) is 0 Å². The first-order valence-corrected chi connectivity index (χ1v) is 9.04. The van der Waals surface area contributed by atoms with Gasteiger partial charge in [-0.15, -0.1) is 10.2 Å². The van der Waals surface area contributed by atoms with Crippen molar-refractivity contribution in [3.63, 3.8) is 0 Å². The van der Waals surface area contributed by atoms with E-state index in [4.69, 9.17) is 4.74 Å². The highest BCUT2D eigenvalue weighted by Gasteiger charge is 2.28. The Balaban J connectivity index is 1.41. The highest BCUT2D eigenvalue weighted by molar-refractivity contribution is 5.22. The molecule has 5 heteroatoms. The molecular formula is C19H26N4O. The van der Waals surface area contributed by atoms with Crippen molar-refractivity contribution in [1.82, 2.24) is 19.7 Å². The Labute approximate surface area is 143 Å². The summed E-state index contributed by atoms with van der Waals surface area (Å²) in [5.74, 6) is 2.95. The summed E-state index contributed by atoms with van der Waals surface area (Å²) < 4.78 is 7.55. The number of methoxy groups -OCH3 is 1. The number of hydrogen-bond acceptors (Lipinski definition) is 4. The van der Waals surface area contributed by atoms with Crippen LogP contribution < -0.4 is 0 Å². The van der Waals surface area contributed by atoms with Crippen molar-refractivity contribution in [2.24, 2.45) is 0 Å². The van der Waals surface area contributed by atoms with Crippen LogP contribution >= 0.6 is 0 Å². The molecule has 1 fully saturated rings. The fraction of sp³-hybridized carbons (Fsp3) is 0.579. The molecule has 0 radical (unpaired) electrons. The number of ether oxygens (including phenoxy) is 1. The maximum atomic E-state index is 5.18. The van der Waals surface area contributed by atoms with Gasteiger partial charge in [0.2, 0.25) is 0 Å². The van der Waals surface area contributed by atoms with Gasteiger partial charge in [0.25, 0.3) is 0 Å². The Morgan fingerprint density at radius 1 is 1.08 bits per heavy atom. The molecule has 0 amide bonds. The molecular weight excluding hydrogens is 300 g/mol. The van der Waals surface area contributed by atoms with Crippen LogP contribution in [0.15, 0.2) is 24.3 Å². The minimum atomic E-state index is 0.533. The molecule has 0 N–H and O–H groups in total. The molecule has 2 aromatic rings. The number of benzene rings is 1. The molecule has 0 saturated carbocycles. The van der Waals surface area contributed by atoms with Gasteiger partial charge in [0.1, 0.15) is 11.6 Å². The molecule has 1 atom stereocenters. The zero-order valence-electron chi connectivity index (χ0n) is 14.4. The lowest BCUT2D eigenvalue weighted by atomic mass is 9.96. The number of fused-ring (bicyclic) bond motifs is 1. The monoisotopic (exact) mass is 326 g/mol. The van der Waals surface area contributed by atoms with E-state index in [1.807, 2.05) is 0 Å². The highest BCUT2D eigenvalue weighted by Crippen LogP contribution is 2.29. The van der Waals surface area contributed by atoms with E-state index in [-0.39, 0.29) is 0 Å². The van der Waals surface area contributed by atoms with E-state index in [0.29, 0.717) is 12.5 Å². The average Bonchev–Trinajstić information content (AvgIpc) is 3.20. The molecule has 1 aromatic carbocycles. The summed E-state index contributed by atoms with van der Waals surface area (Å²) in [5, 5.41) is 8.90. The van der Waals surface area contributed by atoms with Gasteiger partial charge in [0.05, 0.1) is 6.61 Å². The van der Waals surface area contributed by atoms with Crippen molar-refractivity contribution >= 4 is 0 Å². The zero-order chi connectivity index (χ0) is 16.4. The summed E-state index contributed by atoms with van der Waals surface area (Å²) in [4.78, 5) is 2.57. The van der Waals surface area contributed by atoms with Crippen molar-refractivity contribution in [3.05, 3.63) is 47.0 Å². The van der Waals surface area contributed by atoms with Gasteiger partial charge < -0.3 is 9.30 Å². The molecule has 0 aliphatic carbocycles. The third-order valence-electron chi connectivity index (χ3n) is 5.25. The van der Waals surface area contributed by atoms with Crippen molar-refractivity contribution in [1.29, 1.82) is 0 Å². The number of aryl methyl sites for hydroxylation is 1. The standard InChI is InChI=1S/C19H26N4O/c1-24-14-16-8-6-15(7-9-16)12-22-10-2-4-17(13-22)19-21-20-18-5-3-11-23(18)19/h6-9,17H,2-5,10-14H2,1H3. The third kappa shape index (κ3) is 3.23. The molecule has 24 heavy (non-hydrogen) atoms. The van der Waals surface area contributed by atoms with Crippen molar-refractivity contribution in [2.75, 3.05) is 20.2 Å². The summed E-state index contributed by atoms with van der Waals surface area (Å²) in [6.07, 6.45) is 4.80. The lowest BCUT2D eigenvalue weighted by Crippen LogP contribution is -2.34. The van der Waals surface area contributed by atoms with E-state index < -0.39 is 0 Å². The number of nitrogens with zero attached hydrogens (tertiary/aromatic N) is 4. The first-order valence-electron chi connectivity index (χ1n) is 9.04. The van der Waals surface area contributed by atoms with E-state index in [0.717, 1.165) is 26.1 Å². The summed E-state index contributed by atoms with van der Waals surface area (Å²) in [7, 11) is 1.74. The van der Waals surface area contributed by atoms with Crippen LogP contribution in [0.1, 0.15) is 48.0 Å². The maximum Gasteiger partial charge on any atom is 0.137 e. The quantitative estimate of drug-likeness (QED) is 0.847. The van der Waals surface area contributed by atoms with Crippen LogP contribution in [0.4, 0.5) is 0 Å². The van der Waals surface area contributed by atoms with Gasteiger partial charge in [-0.05, 0) is 36.9 Å². The highest BCUT2D eigenvalue weighted by atomic mass is 16.5. The Kier molecular flexibility index (Phi) is 4.63. The Morgan fingerprint density at radius 3 is 2.75 bits per heavy atom. The normalized spacial score (nSPS) is 21.1. The SMILES string of the molecule is COCc1ccc(CN2CCCC(c3nnc4n3CCC4)C2)cc1. The molecule has 5 nitrogen and oxygen atoms in total. The van der Waals surface area contributed by atoms with Crippen molar-refractivity contribution in [3.8, 4) is 0 Å². The summed E-state index contributed by atoms with van der Waals surface area (Å²) in [5.41, 5.74) is 2.61. The smallest absolute Gasteiger partial charge is 0.137 e. The number of piperidine rings is 1. The molecule has 1 unspecified atom stereocenters. The molecule has 3 heterocycles. The summed E-state index contributed by atoms with van der Waals surface area (Å²) in [6.45, 7) is 5.08. The van der Waals surface area contributed by atoms with E-state index in [1.54, 1.807) is 7.11 Å². The zero-order valence-corrected chi connectivity index (χ0v) is 14.4. The Bertz CT molecular complexity index is 679. The Hall–Kier alpha value is -1.72. The van der Waals surface area contributed by atoms with Gasteiger partial charge in [-0.2, -0.15) is 0 Å². The van der Waals surface area contributed by atoms with Gasteiger partial charge in [-0.25, -0.2) is 0 Å². The van der Waals surface area contributed by atoms with Crippen LogP contribution in [-0.4, -0.2) is 39.9 Å². The number of aromatic nitrogens is 3. The first-order chi connectivity index (χ1) is 11.8. The first kappa shape index (κ1) is 15.8. The number of likely N-dealkylation sites (tertiary alicyclic amines) is 1. The van der Waals surface area contributed by atoms with Gasteiger partial charge in [0, 0.05) is 39.1 Å². The average molecular weight is 326 g/mol. The fourth-order valence-electron chi connectivity index (χ4n) is 4.05. The fourth-order valence-corrected chi connectivity index (χ4v) is 4.05. The largest absolute Gasteiger partial charge is 0.380 e. The van der Waals surface area contributed by atoms with E-state index in [2.05, 4.69) is 43.9 Å². The van der Waals surface area contributed by atoms with Crippen LogP contribution in [-0.2, 0) is 30.9 Å². The molecule has 128 valence electrons. The second-order valence-electron chi connectivity index (χ2n) is 7.05. The number of rotatable bonds is 5. The van der Waals surface area contributed by atoms with Crippen LogP contribution in [0.2, 0.25) is 0 Å². The molecule has 0 bridgehead atoms. The maximum absolute atomic E-state index is 5.18. The molecule has 2 aliphatic heterocycles. The van der Waals surface area contributed by atoms with Crippen molar-refractivity contribution in [2.45, 2.75) is 51.3 Å². The van der Waals surface area contributed by atoms with Crippen LogP contribution in [0, 0.1) is 0 Å². The summed E-state index contributed by atoms with van der Waals surface area (Å²) >= 11 is 0. The lowest BCUT2D eigenvalue weighted by molar-refractivity contribution is 0.184. The van der Waals surface area contributed by atoms with E-state index >= 15 is 0 Å².